The number of anilines is 1. The molecule has 0 saturated heterocycles. The van der Waals surface area contributed by atoms with Crippen LogP contribution in [-0.2, 0) is 0 Å². The van der Waals surface area contributed by atoms with E-state index in [1.807, 2.05) is 13.8 Å². The third-order valence-electron chi connectivity index (χ3n) is 2.78. The molecule has 2 aromatic heterocycles. The minimum atomic E-state index is -0.0728. The van der Waals surface area contributed by atoms with Gasteiger partial charge in [-0.2, -0.15) is 0 Å². The average molecular weight is 220 g/mol. The molecule has 0 aromatic carbocycles. The third-order valence-corrected chi connectivity index (χ3v) is 2.78. The molecule has 1 atom stereocenters. The van der Waals surface area contributed by atoms with Gasteiger partial charge in [-0.25, -0.2) is 0 Å². The Balaban J connectivity index is 1.94. The molecular formula is C11H12N2O3. The smallest absolute Gasteiger partial charge is 0.181 e. The minimum Gasteiger partial charge on any atom is -0.478 e. The zero-order chi connectivity index (χ0) is 11.1. The van der Waals surface area contributed by atoms with Gasteiger partial charge in [-0.05, 0) is 13.8 Å². The normalized spacial score (nSPS) is 18.8. The Morgan fingerprint density at radius 2 is 2.25 bits per heavy atom. The highest BCUT2D eigenvalue weighted by Crippen LogP contribution is 2.36. The fourth-order valence-electron chi connectivity index (χ4n) is 2.01. The molecule has 0 saturated carbocycles. The molecule has 0 spiro atoms. The Hall–Kier alpha value is -1.91. The molecule has 5 heteroatoms. The number of aryl methyl sites for hydroxylation is 2. The zero-order valence-electron chi connectivity index (χ0n) is 9.11. The number of ether oxygens (including phenoxy) is 1. The van der Waals surface area contributed by atoms with Gasteiger partial charge in [-0.1, -0.05) is 5.16 Å². The van der Waals surface area contributed by atoms with E-state index in [0.29, 0.717) is 6.54 Å². The second-order valence-corrected chi connectivity index (χ2v) is 3.87. The highest BCUT2D eigenvalue weighted by atomic mass is 16.5. The molecule has 2 aromatic rings. The van der Waals surface area contributed by atoms with Crippen molar-refractivity contribution in [2.24, 2.45) is 0 Å². The molecule has 1 aliphatic heterocycles. The number of aromatic nitrogens is 1. The second-order valence-electron chi connectivity index (χ2n) is 3.87. The maximum atomic E-state index is 5.82. The number of hydrogen-bond donors (Lipinski definition) is 1. The zero-order valence-corrected chi connectivity index (χ0v) is 9.11. The van der Waals surface area contributed by atoms with E-state index < -0.39 is 0 Å². The third kappa shape index (κ3) is 1.28. The van der Waals surface area contributed by atoms with Gasteiger partial charge in [-0.3, -0.25) is 0 Å². The largest absolute Gasteiger partial charge is 0.478 e. The molecule has 1 aliphatic rings. The van der Waals surface area contributed by atoms with Gasteiger partial charge in [0.2, 0.25) is 0 Å². The summed E-state index contributed by atoms with van der Waals surface area (Å²) in [5.41, 5.74) is 2.78. The van der Waals surface area contributed by atoms with Crippen molar-refractivity contribution in [2.75, 3.05) is 11.9 Å². The second kappa shape index (κ2) is 3.30. The van der Waals surface area contributed by atoms with Crippen LogP contribution in [-0.4, -0.2) is 11.7 Å². The van der Waals surface area contributed by atoms with Crippen LogP contribution in [0, 0.1) is 13.8 Å². The van der Waals surface area contributed by atoms with Crippen molar-refractivity contribution in [3.05, 3.63) is 29.5 Å². The first kappa shape index (κ1) is 9.33. The lowest BCUT2D eigenvalue weighted by molar-refractivity contribution is 0.206. The summed E-state index contributed by atoms with van der Waals surface area (Å²) in [5.74, 6) is 1.53. The predicted molar refractivity (Wildman–Crippen MR) is 56.5 cm³/mol. The molecule has 0 aliphatic carbocycles. The lowest BCUT2D eigenvalue weighted by Gasteiger charge is -2.24. The van der Waals surface area contributed by atoms with Crippen molar-refractivity contribution < 1.29 is 13.7 Å². The monoisotopic (exact) mass is 220 g/mol. The Kier molecular flexibility index (Phi) is 1.92. The number of nitrogens with one attached hydrogen (secondary N) is 1. The molecule has 1 N–H and O–H groups in total. The van der Waals surface area contributed by atoms with Crippen molar-refractivity contribution in [3.63, 3.8) is 0 Å². The van der Waals surface area contributed by atoms with Crippen LogP contribution in [0.25, 0.3) is 0 Å². The summed E-state index contributed by atoms with van der Waals surface area (Å²) in [6.07, 6.45) is 3.15. The molecule has 84 valence electrons. The van der Waals surface area contributed by atoms with Gasteiger partial charge in [0, 0.05) is 0 Å². The number of hydrogen-bond acceptors (Lipinski definition) is 5. The van der Waals surface area contributed by atoms with Crippen LogP contribution >= 0.6 is 0 Å². The van der Waals surface area contributed by atoms with Crippen molar-refractivity contribution in [2.45, 2.75) is 20.0 Å². The van der Waals surface area contributed by atoms with Gasteiger partial charge in [0.25, 0.3) is 0 Å². The predicted octanol–water partition coefficient (Wildman–Crippen LogP) is 2.43. The van der Waals surface area contributed by atoms with Crippen LogP contribution in [0.3, 0.4) is 0 Å². The number of rotatable bonds is 1. The van der Waals surface area contributed by atoms with E-state index >= 15 is 0 Å². The summed E-state index contributed by atoms with van der Waals surface area (Å²) in [7, 11) is 0. The van der Waals surface area contributed by atoms with Crippen LogP contribution in [0.5, 0.6) is 5.75 Å². The highest BCUT2D eigenvalue weighted by Gasteiger charge is 2.27. The molecule has 5 nitrogen and oxygen atoms in total. The maximum Gasteiger partial charge on any atom is 0.181 e. The first-order valence-electron chi connectivity index (χ1n) is 5.15. The standard InChI is InChI=1S/C11H12N2O3/c1-6-11(7(2)16-13-6)9-3-12-8-4-14-5-10(8)15-9/h4-5,9,12H,3H2,1-2H3. The molecular weight excluding hydrogens is 208 g/mol. The molecule has 0 radical (unpaired) electrons. The van der Waals surface area contributed by atoms with Gasteiger partial charge < -0.3 is 19.0 Å². The summed E-state index contributed by atoms with van der Waals surface area (Å²) in [5, 5.41) is 7.18. The SMILES string of the molecule is Cc1noc(C)c1C1CNc2cocc2O1. The lowest BCUT2D eigenvalue weighted by Crippen LogP contribution is -2.23. The van der Waals surface area contributed by atoms with Crippen molar-refractivity contribution in [1.29, 1.82) is 0 Å². The lowest BCUT2D eigenvalue weighted by atomic mass is 10.1. The number of furan rings is 1. The van der Waals surface area contributed by atoms with Crippen molar-refractivity contribution in [1.82, 2.24) is 5.16 Å². The van der Waals surface area contributed by atoms with Crippen molar-refractivity contribution >= 4 is 5.69 Å². The van der Waals surface area contributed by atoms with Crippen molar-refractivity contribution in [3.8, 4) is 5.75 Å². The van der Waals surface area contributed by atoms with Crippen LogP contribution in [0.1, 0.15) is 23.1 Å². The van der Waals surface area contributed by atoms with E-state index in [2.05, 4.69) is 10.5 Å². The Morgan fingerprint density at radius 1 is 1.38 bits per heavy atom. The molecule has 0 amide bonds. The summed E-state index contributed by atoms with van der Waals surface area (Å²) in [6, 6.07) is 0. The first-order chi connectivity index (χ1) is 7.75. The quantitative estimate of drug-likeness (QED) is 0.799. The summed E-state index contributed by atoms with van der Waals surface area (Å²) in [4.78, 5) is 0. The maximum absolute atomic E-state index is 5.82. The summed E-state index contributed by atoms with van der Waals surface area (Å²) < 4.78 is 16.0. The van der Waals surface area contributed by atoms with E-state index in [0.717, 1.165) is 28.5 Å². The van der Waals surface area contributed by atoms with E-state index in [1.54, 1.807) is 12.5 Å². The van der Waals surface area contributed by atoms with E-state index in [4.69, 9.17) is 13.7 Å². The first-order valence-corrected chi connectivity index (χ1v) is 5.15. The van der Waals surface area contributed by atoms with Crippen LogP contribution in [0.15, 0.2) is 21.5 Å². The molecule has 3 rings (SSSR count). The minimum absolute atomic E-state index is 0.0728. The molecule has 3 heterocycles. The summed E-state index contributed by atoms with van der Waals surface area (Å²) >= 11 is 0. The number of fused-ring (bicyclic) bond motifs is 1. The fourth-order valence-corrected chi connectivity index (χ4v) is 2.01. The van der Waals surface area contributed by atoms with E-state index in [1.165, 1.54) is 0 Å². The topological polar surface area (TPSA) is 60.4 Å². The average Bonchev–Trinajstić information content (AvgIpc) is 2.85. The van der Waals surface area contributed by atoms with E-state index in [9.17, 15) is 0 Å². The molecule has 0 fully saturated rings. The van der Waals surface area contributed by atoms with Gasteiger partial charge >= 0.3 is 0 Å². The van der Waals surface area contributed by atoms with Gasteiger partial charge in [0.1, 0.15) is 30.1 Å². The van der Waals surface area contributed by atoms with Gasteiger partial charge in [0.05, 0.1) is 17.8 Å². The highest BCUT2D eigenvalue weighted by molar-refractivity contribution is 5.55. The fraction of sp³-hybridized carbons (Fsp3) is 0.364. The van der Waals surface area contributed by atoms with Crippen LogP contribution in [0.4, 0.5) is 5.69 Å². The van der Waals surface area contributed by atoms with E-state index in [-0.39, 0.29) is 6.10 Å². The Morgan fingerprint density at radius 3 is 3.00 bits per heavy atom. The van der Waals surface area contributed by atoms with Gasteiger partial charge in [-0.15, -0.1) is 0 Å². The molecule has 16 heavy (non-hydrogen) atoms. The number of nitrogens with zero attached hydrogens (tertiary/aromatic N) is 1. The Labute approximate surface area is 92.4 Å². The van der Waals surface area contributed by atoms with Crippen LogP contribution < -0.4 is 10.1 Å². The Bertz CT molecular complexity index is 496. The molecule has 1 unspecified atom stereocenters. The summed E-state index contributed by atoms with van der Waals surface area (Å²) in [6.45, 7) is 4.50. The molecule has 0 bridgehead atoms. The van der Waals surface area contributed by atoms with Gasteiger partial charge in [0.15, 0.2) is 5.75 Å². The van der Waals surface area contributed by atoms with Crippen LogP contribution in [0.2, 0.25) is 0 Å².